The molecule has 1 saturated carbocycles. The molecule has 0 radical (unpaired) electrons. The van der Waals surface area contributed by atoms with Crippen LogP contribution in [0.15, 0.2) is 16.8 Å². The molecule has 5 aliphatic rings. The van der Waals surface area contributed by atoms with E-state index in [1.54, 1.807) is 6.07 Å². The highest BCUT2D eigenvalue weighted by Crippen LogP contribution is 2.60. The highest BCUT2D eigenvalue weighted by atomic mass is 17.3. The predicted octanol–water partition coefficient (Wildman–Crippen LogP) is 4.16. The lowest BCUT2D eigenvalue weighted by Crippen LogP contribution is -2.70. The van der Waals surface area contributed by atoms with Gasteiger partial charge in [0.05, 0.1) is 17.2 Å². The second-order valence-electron chi connectivity index (χ2n) is 10.8. The van der Waals surface area contributed by atoms with Gasteiger partial charge in [-0.05, 0) is 60.8 Å². The first kappa shape index (κ1) is 24.0. The monoisotopic (exact) mass is 504 g/mol. The Kier molecular flexibility index (Phi) is 5.91. The number of hydrogen-bond donors (Lipinski definition) is 1. The molecule has 1 aliphatic carbocycles. The van der Waals surface area contributed by atoms with E-state index in [0.717, 1.165) is 25.7 Å². The van der Waals surface area contributed by atoms with E-state index in [4.69, 9.17) is 28.6 Å². The van der Waals surface area contributed by atoms with Crippen molar-refractivity contribution in [3.05, 3.63) is 22.2 Å². The topological polar surface area (TPSA) is 140 Å². The maximum absolute atomic E-state index is 11.2. The molecule has 12 nitrogen and oxygen atoms in total. The summed E-state index contributed by atoms with van der Waals surface area (Å²) in [6.45, 7) is 7.42. The Bertz CT molecular complexity index is 1140. The summed E-state index contributed by atoms with van der Waals surface area (Å²) >= 11 is 0. The first-order chi connectivity index (χ1) is 17.3. The molecule has 4 aliphatic heterocycles. The van der Waals surface area contributed by atoms with Crippen molar-refractivity contribution in [2.75, 3.05) is 18.5 Å². The Balaban J connectivity index is 1.09. The summed E-state index contributed by atoms with van der Waals surface area (Å²) < 4.78 is 23.8. The van der Waals surface area contributed by atoms with E-state index in [9.17, 15) is 10.1 Å². The van der Waals surface area contributed by atoms with Crippen LogP contribution in [0.4, 0.5) is 11.4 Å². The van der Waals surface area contributed by atoms with E-state index in [1.807, 2.05) is 6.92 Å². The van der Waals surface area contributed by atoms with E-state index in [2.05, 4.69) is 29.5 Å². The standard InChI is InChI=1S/C24H32N4O8/c1-13-5-6-16-14(2)21(32-22-24(16)15(13)9-10-23(3,33-22)34-35-24)31-12-4-11-25-17-7-8-18(28(29)30)20-19(17)26-36-27-20/h7-8,13-16,21-22,25H,4-6,9-12H2,1-3H3/t13-,14-,15+,16+,21+,22-,23+,24-/m1/s1. The van der Waals surface area contributed by atoms with Crippen molar-refractivity contribution in [3.63, 3.8) is 0 Å². The van der Waals surface area contributed by atoms with Crippen LogP contribution in [0.1, 0.15) is 52.9 Å². The molecular formula is C24H32N4O8. The minimum absolute atomic E-state index is 0.120. The molecule has 0 amide bonds. The maximum atomic E-state index is 11.2. The summed E-state index contributed by atoms with van der Waals surface area (Å²) in [5.74, 6) is 0.369. The first-order valence-corrected chi connectivity index (χ1v) is 12.8. The molecule has 4 saturated heterocycles. The molecule has 196 valence electrons. The zero-order valence-corrected chi connectivity index (χ0v) is 20.7. The molecule has 0 unspecified atom stereocenters. The van der Waals surface area contributed by atoms with Crippen LogP contribution in [0.5, 0.6) is 0 Å². The third-order valence-corrected chi connectivity index (χ3v) is 8.61. The zero-order valence-electron chi connectivity index (χ0n) is 20.7. The van der Waals surface area contributed by atoms with Crippen LogP contribution in [0.3, 0.4) is 0 Å². The van der Waals surface area contributed by atoms with Crippen molar-refractivity contribution in [1.82, 2.24) is 10.3 Å². The molecule has 1 spiro atoms. The molecule has 2 aromatic rings. The molecule has 36 heavy (non-hydrogen) atoms. The summed E-state index contributed by atoms with van der Waals surface area (Å²) in [6, 6.07) is 3.00. The van der Waals surface area contributed by atoms with E-state index in [-0.39, 0.29) is 23.0 Å². The van der Waals surface area contributed by atoms with Crippen LogP contribution in [0.25, 0.3) is 11.0 Å². The number of non-ortho nitro benzene ring substituents is 1. The molecule has 2 bridgehead atoms. The molecule has 5 fully saturated rings. The highest BCUT2D eigenvalue weighted by Gasteiger charge is 2.69. The van der Waals surface area contributed by atoms with Gasteiger partial charge in [-0.15, -0.1) is 0 Å². The average Bonchev–Trinajstić information content (AvgIpc) is 3.23. The van der Waals surface area contributed by atoms with Gasteiger partial charge in [-0.2, -0.15) is 0 Å². The Labute approximate surface area is 207 Å². The third-order valence-electron chi connectivity index (χ3n) is 8.61. The van der Waals surface area contributed by atoms with Crippen molar-refractivity contribution in [2.24, 2.45) is 23.7 Å². The van der Waals surface area contributed by atoms with Gasteiger partial charge in [0.15, 0.2) is 23.7 Å². The number of nitrogens with one attached hydrogen (secondary N) is 1. The minimum Gasteiger partial charge on any atom is -0.383 e. The minimum atomic E-state index is -0.807. The summed E-state index contributed by atoms with van der Waals surface area (Å²) in [5, 5.41) is 21.9. The third kappa shape index (κ3) is 3.69. The lowest BCUT2D eigenvalue weighted by Gasteiger charge is -2.60. The lowest BCUT2D eigenvalue weighted by molar-refractivity contribution is -0.577. The number of nitrogens with zero attached hydrogens (tertiary/aromatic N) is 3. The zero-order chi connectivity index (χ0) is 25.1. The van der Waals surface area contributed by atoms with Gasteiger partial charge >= 0.3 is 5.69 Å². The number of aromatic nitrogens is 2. The largest absolute Gasteiger partial charge is 0.383 e. The number of rotatable bonds is 7. The van der Waals surface area contributed by atoms with Gasteiger partial charge in [-0.25, -0.2) is 14.4 Å². The van der Waals surface area contributed by atoms with Crippen LogP contribution in [0.2, 0.25) is 0 Å². The molecule has 7 rings (SSSR count). The van der Waals surface area contributed by atoms with Crippen LogP contribution in [0, 0.1) is 33.8 Å². The highest BCUT2D eigenvalue weighted by molar-refractivity contribution is 5.93. The van der Waals surface area contributed by atoms with Crippen LogP contribution < -0.4 is 5.32 Å². The predicted molar refractivity (Wildman–Crippen MR) is 124 cm³/mol. The quantitative estimate of drug-likeness (QED) is 0.251. The number of ether oxygens (including phenoxy) is 3. The molecular weight excluding hydrogens is 472 g/mol. The molecule has 1 N–H and O–H groups in total. The van der Waals surface area contributed by atoms with E-state index in [0.29, 0.717) is 42.6 Å². The number of hydrogen-bond acceptors (Lipinski definition) is 11. The normalized spacial score (nSPS) is 39.5. The van der Waals surface area contributed by atoms with E-state index >= 15 is 0 Å². The van der Waals surface area contributed by atoms with Crippen LogP contribution in [-0.4, -0.2) is 52.4 Å². The van der Waals surface area contributed by atoms with Crippen molar-refractivity contribution < 1.29 is 33.5 Å². The molecule has 8 atom stereocenters. The second-order valence-corrected chi connectivity index (χ2v) is 10.8. The van der Waals surface area contributed by atoms with Crippen molar-refractivity contribution >= 4 is 22.4 Å². The smallest absolute Gasteiger partial charge is 0.300 e. The van der Waals surface area contributed by atoms with Gasteiger partial charge in [-0.1, -0.05) is 13.8 Å². The molecule has 12 heteroatoms. The average molecular weight is 505 g/mol. The summed E-state index contributed by atoms with van der Waals surface area (Å²) in [4.78, 5) is 22.7. The number of anilines is 1. The first-order valence-electron chi connectivity index (χ1n) is 12.8. The van der Waals surface area contributed by atoms with Crippen LogP contribution >= 0.6 is 0 Å². The van der Waals surface area contributed by atoms with Gasteiger partial charge < -0.3 is 19.5 Å². The number of fused-ring (bicyclic) bond motifs is 3. The number of nitro groups is 1. The summed E-state index contributed by atoms with van der Waals surface area (Å²) in [6.07, 6.45) is 3.69. The maximum Gasteiger partial charge on any atom is 0.300 e. The molecule has 1 aromatic carbocycles. The van der Waals surface area contributed by atoms with Gasteiger partial charge in [0, 0.05) is 30.9 Å². The van der Waals surface area contributed by atoms with Gasteiger partial charge in [-0.3, -0.25) is 10.1 Å². The van der Waals surface area contributed by atoms with Gasteiger partial charge in [0.2, 0.25) is 11.3 Å². The molecule has 1 aromatic heterocycles. The van der Waals surface area contributed by atoms with Crippen molar-refractivity contribution in [3.8, 4) is 0 Å². The lowest BCUT2D eigenvalue weighted by atomic mass is 9.58. The van der Waals surface area contributed by atoms with Crippen molar-refractivity contribution in [1.29, 1.82) is 0 Å². The Hall–Kier alpha value is -2.38. The Morgan fingerprint density at radius 1 is 1.17 bits per heavy atom. The van der Waals surface area contributed by atoms with E-state index < -0.39 is 28.9 Å². The fraction of sp³-hybridized carbons (Fsp3) is 0.750. The number of nitro benzene ring substituents is 1. The summed E-state index contributed by atoms with van der Waals surface area (Å²) in [5.41, 5.74) is 0.339. The Morgan fingerprint density at radius 2 is 2.00 bits per heavy atom. The second kappa shape index (κ2) is 8.88. The fourth-order valence-electron chi connectivity index (χ4n) is 6.70. The fourth-order valence-corrected chi connectivity index (χ4v) is 6.70. The number of benzene rings is 1. The summed E-state index contributed by atoms with van der Waals surface area (Å²) in [7, 11) is 0. The SMILES string of the molecule is C[C@H]1[C@@H](OCCCNc2ccc([N+](=O)[O-])c3nonc23)O[C@@H]2O[C@]3(C)CC[C@H]4[C@H](C)CC[C@@H]1[C@@]24OO3. The molecule has 5 heterocycles. The van der Waals surface area contributed by atoms with Gasteiger partial charge in [0.25, 0.3) is 0 Å². The van der Waals surface area contributed by atoms with E-state index in [1.165, 1.54) is 6.07 Å². The Morgan fingerprint density at radius 3 is 2.83 bits per heavy atom. The van der Waals surface area contributed by atoms with Crippen LogP contribution in [-0.2, 0) is 24.0 Å². The van der Waals surface area contributed by atoms with Gasteiger partial charge in [0.1, 0.15) is 0 Å². The van der Waals surface area contributed by atoms with Crippen molar-refractivity contribution in [2.45, 2.75) is 76.8 Å².